The van der Waals surface area contributed by atoms with E-state index in [1.807, 2.05) is 6.07 Å². The molecular formula is C9H10BrClS. The first-order chi connectivity index (χ1) is 5.77. The lowest BCUT2D eigenvalue weighted by Crippen LogP contribution is -2.01. The Morgan fingerprint density at radius 1 is 1.42 bits per heavy atom. The monoisotopic (exact) mass is 264 g/mol. The van der Waals surface area contributed by atoms with Crippen molar-refractivity contribution >= 4 is 38.9 Å². The van der Waals surface area contributed by atoms with Gasteiger partial charge in [-0.25, -0.2) is 0 Å². The SMILES string of the molecule is Clc1ccc(C2CCCC2Br)s1. The van der Waals surface area contributed by atoms with Crippen LogP contribution < -0.4 is 0 Å². The van der Waals surface area contributed by atoms with Gasteiger partial charge in [0.1, 0.15) is 0 Å². The fourth-order valence-corrected chi connectivity index (χ4v) is 4.07. The Bertz CT molecular complexity index is 271. The fraction of sp³-hybridized carbons (Fsp3) is 0.556. The zero-order chi connectivity index (χ0) is 8.55. The maximum atomic E-state index is 5.89. The molecule has 0 nitrogen and oxygen atoms in total. The molecule has 1 aliphatic rings. The summed E-state index contributed by atoms with van der Waals surface area (Å²) in [4.78, 5) is 2.12. The highest BCUT2D eigenvalue weighted by Crippen LogP contribution is 2.42. The summed E-state index contributed by atoms with van der Waals surface area (Å²) in [5.74, 6) is 0.711. The van der Waals surface area contributed by atoms with Gasteiger partial charge in [-0.3, -0.25) is 0 Å². The normalized spacial score (nSPS) is 29.5. The first-order valence-corrected chi connectivity index (χ1v) is 6.27. The van der Waals surface area contributed by atoms with Crippen LogP contribution in [-0.2, 0) is 0 Å². The molecule has 2 rings (SSSR count). The Balaban J connectivity index is 2.19. The fourth-order valence-electron chi connectivity index (χ4n) is 1.76. The zero-order valence-corrected chi connectivity index (χ0v) is 9.75. The van der Waals surface area contributed by atoms with Crippen LogP contribution in [0.15, 0.2) is 12.1 Å². The van der Waals surface area contributed by atoms with Gasteiger partial charge in [-0.15, -0.1) is 11.3 Å². The van der Waals surface area contributed by atoms with Gasteiger partial charge in [0.05, 0.1) is 4.34 Å². The average Bonchev–Trinajstić information content (AvgIpc) is 2.58. The Labute approximate surface area is 90.1 Å². The molecule has 1 saturated carbocycles. The number of hydrogen-bond acceptors (Lipinski definition) is 1. The topological polar surface area (TPSA) is 0 Å². The molecule has 0 amide bonds. The molecule has 0 spiro atoms. The van der Waals surface area contributed by atoms with Crippen LogP contribution in [0.4, 0.5) is 0 Å². The summed E-state index contributed by atoms with van der Waals surface area (Å²) < 4.78 is 0.914. The van der Waals surface area contributed by atoms with Crippen molar-refractivity contribution < 1.29 is 0 Å². The summed E-state index contributed by atoms with van der Waals surface area (Å²) in [5, 5.41) is 0. The second-order valence-electron chi connectivity index (χ2n) is 3.20. The summed E-state index contributed by atoms with van der Waals surface area (Å²) in [6.07, 6.45) is 3.96. The third-order valence-corrected chi connectivity index (χ3v) is 4.85. The van der Waals surface area contributed by atoms with Crippen molar-refractivity contribution in [1.82, 2.24) is 0 Å². The van der Waals surface area contributed by atoms with Crippen LogP contribution in [-0.4, -0.2) is 4.83 Å². The zero-order valence-electron chi connectivity index (χ0n) is 6.59. The highest BCUT2D eigenvalue weighted by Gasteiger charge is 2.27. The second kappa shape index (κ2) is 3.69. The maximum Gasteiger partial charge on any atom is 0.0931 e. The van der Waals surface area contributed by atoms with Crippen LogP contribution in [0.1, 0.15) is 30.1 Å². The van der Waals surface area contributed by atoms with Gasteiger partial charge in [0, 0.05) is 15.6 Å². The molecule has 1 aliphatic carbocycles. The third kappa shape index (κ3) is 1.70. The predicted octanol–water partition coefficient (Wildman–Crippen LogP) is 4.43. The van der Waals surface area contributed by atoms with E-state index in [1.165, 1.54) is 24.1 Å². The quantitative estimate of drug-likeness (QED) is 0.659. The van der Waals surface area contributed by atoms with E-state index < -0.39 is 0 Å². The van der Waals surface area contributed by atoms with Gasteiger partial charge in [0.15, 0.2) is 0 Å². The van der Waals surface area contributed by atoms with Crippen LogP contribution in [0.2, 0.25) is 4.34 Å². The van der Waals surface area contributed by atoms with Gasteiger partial charge in [-0.05, 0) is 25.0 Å². The van der Waals surface area contributed by atoms with E-state index in [4.69, 9.17) is 11.6 Å². The van der Waals surface area contributed by atoms with Gasteiger partial charge in [0.25, 0.3) is 0 Å². The van der Waals surface area contributed by atoms with Crippen LogP contribution in [0.3, 0.4) is 0 Å². The lowest BCUT2D eigenvalue weighted by atomic mass is 10.1. The molecule has 66 valence electrons. The molecule has 2 atom stereocenters. The van der Waals surface area contributed by atoms with Gasteiger partial charge >= 0.3 is 0 Å². The smallest absolute Gasteiger partial charge is 0.0931 e. The lowest BCUT2D eigenvalue weighted by Gasteiger charge is -2.10. The van der Waals surface area contributed by atoms with Crippen molar-refractivity contribution in [2.75, 3.05) is 0 Å². The molecule has 12 heavy (non-hydrogen) atoms. The van der Waals surface area contributed by atoms with Crippen molar-refractivity contribution in [3.63, 3.8) is 0 Å². The van der Waals surface area contributed by atoms with Gasteiger partial charge < -0.3 is 0 Å². The van der Waals surface area contributed by atoms with Gasteiger partial charge in [-0.1, -0.05) is 34.0 Å². The molecule has 1 aromatic rings. The molecule has 0 saturated heterocycles. The largest absolute Gasteiger partial charge is 0.128 e. The lowest BCUT2D eigenvalue weighted by molar-refractivity contribution is 0.758. The summed E-state index contributed by atoms with van der Waals surface area (Å²) in [7, 11) is 0. The highest BCUT2D eigenvalue weighted by atomic mass is 79.9. The minimum atomic E-state index is 0.673. The predicted molar refractivity (Wildman–Crippen MR) is 58.6 cm³/mol. The standard InChI is InChI=1S/C9H10BrClS/c10-7-3-1-2-6(7)8-4-5-9(11)12-8/h4-7H,1-3H2. The molecule has 1 aromatic heterocycles. The van der Waals surface area contributed by atoms with E-state index in [-0.39, 0.29) is 0 Å². The summed E-state index contributed by atoms with van der Waals surface area (Å²) in [5.41, 5.74) is 0. The first-order valence-electron chi connectivity index (χ1n) is 4.16. The molecular weight excluding hydrogens is 256 g/mol. The molecule has 1 fully saturated rings. The minimum Gasteiger partial charge on any atom is -0.128 e. The van der Waals surface area contributed by atoms with E-state index in [0.29, 0.717) is 10.7 Å². The summed E-state index contributed by atoms with van der Waals surface area (Å²) >= 11 is 11.3. The van der Waals surface area contributed by atoms with Crippen molar-refractivity contribution in [2.24, 2.45) is 0 Å². The van der Waals surface area contributed by atoms with Crippen molar-refractivity contribution in [2.45, 2.75) is 30.0 Å². The third-order valence-electron chi connectivity index (χ3n) is 2.39. The van der Waals surface area contributed by atoms with E-state index >= 15 is 0 Å². The van der Waals surface area contributed by atoms with Crippen LogP contribution in [0.25, 0.3) is 0 Å². The molecule has 0 N–H and O–H groups in total. The molecule has 1 heterocycles. The van der Waals surface area contributed by atoms with E-state index in [9.17, 15) is 0 Å². The van der Waals surface area contributed by atoms with Crippen molar-refractivity contribution in [3.05, 3.63) is 21.3 Å². The highest BCUT2D eigenvalue weighted by molar-refractivity contribution is 9.09. The van der Waals surface area contributed by atoms with Crippen LogP contribution in [0, 0.1) is 0 Å². The minimum absolute atomic E-state index is 0.673. The summed E-state index contributed by atoms with van der Waals surface area (Å²) in [6, 6.07) is 4.16. The second-order valence-corrected chi connectivity index (χ2v) is 6.12. The molecule has 0 radical (unpaired) electrons. The molecule has 0 bridgehead atoms. The number of halogens is 2. The van der Waals surface area contributed by atoms with Crippen molar-refractivity contribution in [3.8, 4) is 0 Å². The number of hydrogen-bond donors (Lipinski definition) is 0. The molecule has 0 aromatic carbocycles. The Hall–Kier alpha value is 0.470. The summed E-state index contributed by atoms with van der Waals surface area (Å²) in [6.45, 7) is 0. The Kier molecular flexibility index (Phi) is 2.78. The molecule has 3 heteroatoms. The number of alkyl halides is 1. The first kappa shape index (κ1) is 9.04. The van der Waals surface area contributed by atoms with Crippen molar-refractivity contribution in [1.29, 1.82) is 0 Å². The molecule has 0 aliphatic heterocycles. The van der Waals surface area contributed by atoms with Crippen LogP contribution >= 0.6 is 38.9 Å². The van der Waals surface area contributed by atoms with Gasteiger partial charge in [-0.2, -0.15) is 0 Å². The Morgan fingerprint density at radius 2 is 2.25 bits per heavy atom. The van der Waals surface area contributed by atoms with E-state index in [2.05, 4.69) is 22.0 Å². The Morgan fingerprint density at radius 3 is 2.75 bits per heavy atom. The average molecular weight is 266 g/mol. The molecule has 2 unspecified atom stereocenters. The van der Waals surface area contributed by atoms with Gasteiger partial charge in [0.2, 0.25) is 0 Å². The van der Waals surface area contributed by atoms with Crippen LogP contribution in [0.5, 0.6) is 0 Å². The maximum absolute atomic E-state index is 5.89. The van der Waals surface area contributed by atoms with E-state index in [1.54, 1.807) is 11.3 Å². The number of rotatable bonds is 1. The van der Waals surface area contributed by atoms with E-state index in [0.717, 1.165) is 4.34 Å². The number of thiophene rings is 1.